The molecule has 12 aromatic rings. The highest BCUT2D eigenvalue weighted by atomic mass is 32.1. The molecule has 0 spiro atoms. The van der Waals surface area contributed by atoms with E-state index in [1.54, 1.807) is 0 Å². The highest BCUT2D eigenvalue weighted by Gasteiger charge is 2.20. The Morgan fingerprint density at radius 1 is 0.386 bits per heavy atom. The number of benzene rings is 8. The van der Waals surface area contributed by atoms with Crippen LogP contribution in [0.3, 0.4) is 0 Å². The molecule has 0 unspecified atom stereocenters. The summed E-state index contributed by atoms with van der Waals surface area (Å²) in [5.41, 5.74) is 10.3. The van der Waals surface area contributed by atoms with E-state index in [0.717, 1.165) is 66.0 Å². The van der Waals surface area contributed by atoms with E-state index in [1.165, 1.54) is 31.3 Å². The van der Waals surface area contributed by atoms with Gasteiger partial charge in [-0.3, -0.25) is 4.57 Å². The van der Waals surface area contributed by atoms with E-state index in [1.807, 2.05) is 41.7 Å². The predicted octanol–water partition coefficient (Wildman–Crippen LogP) is 13.9. The van der Waals surface area contributed by atoms with Crippen LogP contribution >= 0.6 is 11.3 Å². The van der Waals surface area contributed by atoms with Crippen molar-refractivity contribution in [2.45, 2.75) is 0 Å². The zero-order valence-electron chi connectivity index (χ0n) is 30.4. The molecule has 0 aliphatic heterocycles. The first-order valence-electron chi connectivity index (χ1n) is 19.0. The minimum atomic E-state index is 0.584. The zero-order valence-corrected chi connectivity index (χ0v) is 31.2. The molecule has 0 fully saturated rings. The van der Waals surface area contributed by atoms with Gasteiger partial charge in [0.1, 0.15) is 11.2 Å². The molecular weight excluding hydrogens is 717 g/mol. The lowest BCUT2D eigenvalue weighted by Crippen LogP contribution is -2.06. The molecule has 0 saturated carbocycles. The number of thiophene rings is 1. The molecule has 8 aromatic carbocycles. The second-order valence-electron chi connectivity index (χ2n) is 14.3. The molecule has 57 heavy (non-hydrogen) atoms. The average molecular weight is 747 g/mol. The maximum absolute atomic E-state index is 6.51. The summed E-state index contributed by atoms with van der Waals surface area (Å²) in [6, 6.07) is 63.7. The summed E-state index contributed by atoms with van der Waals surface area (Å²) in [5, 5.41) is 7.06. The normalized spacial score (nSPS) is 11.9. The summed E-state index contributed by atoms with van der Waals surface area (Å²) in [5.74, 6) is 1.83. The molecule has 4 heterocycles. The fourth-order valence-electron chi connectivity index (χ4n) is 8.49. The molecule has 0 amide bonds. The van der Waals surface area contributed by atoms with Crippen LogP contribution in [0.25, 0.3) is 115 Å². The van der Waals surface area contributed by atoms with Crippen LogP contribution < -0.4 is 0 Å². The van der Waals surface area contributed by atoms with Crippen LogP contribution in [0.5, 0.6) is 0 Å². The van der Waals surface area contributed by atoms with Crippen molar-refractivity contribution in [3.05, 3.63) is 182 Å². The monoisotopic (exact) mass is 746 g/mol. The van der Waals surface area contributed by atoms with E-state index in [0.29, 0.717) is 17.6 Å². The third-order valence-corrected chi connectivity index (χ3v) is 12.4. The lowest BCUT2D eigenvalue weighted by molar-refractivity contribution is 0.670. The van der Waals surface area contributed by atoms with Crippen molar-refractivity contribution < 1.29 is 4.42 Å². The molecule has 266 valence electrons. The van der Waals surface area contributed by atoms with Gasteiger partial charge in [-0.05, 0) is 35.4 Å². The molecule has 0 bridgehead atoms. The summed E-state index contributed by atoms with van der Waals surface area (Å²) >= 11 is 1.84. The Balaban J connectivity index is 1.03. The van der Waals surface area contributed by atoms with Crippen LogP contribution in [-0.4, -0.2) is 19.5 Å². The van der Waals surface area contributed by atoms with Crippen LogP contribution in [0.1, 0.15) is 0 Å². The van der Waals surface area contributed by atoms with Crippen molar-refractivity contribution >= 4 is 75.3 Å². The lowest BCUT2D eigenvalue weighted by Gasteiger charge is -2.11. The van der Waals surface area contributed by atoms with E-state index in [9.17, 15) is 0 Å². The van der Waals surface area contributed by atoms with Gasteiger partial charge in [-0.1, -0.05) is 158 Å². The van der Waals surface area contributed by atoms with Gasteiger partial charge in [0, 0.05) is 64.0 Å². The summed E-state index contributed by atoms with van der Waals surface area (Å²) in [6.07, 6.45) is 0. The number of aromatic nitrogens is 4. The third kappa shape index (κ3) is 4.98. The van der Waals surface area contributed by atoms with E-state index in [4.69, 9.17) is 19.4 Å². The number of furan rings is 1. The number of rotatable bonds is 5. The van der Waals surface area contributed by atoms with Gasteiger partial charge < -0.3 is 4.42 Å². The molecule has 0 aliphatic carbocycles. The first kappa shape index (κ1) is 31.9. The molecule has 0 N–H and O–H groups in total. The lowest BCUT2D eigenvalue weighted by atomic mass is 9.98. The van der Waals surface area contributed by atoms with Gasteiger partial charge in [0.2, 0.25) is 5.95 Å². The molecule has 5 nitrogen and oxygen atoms in total. The van der Waals surface area contributed by atoms with Gasteiger partial charge in [-0.2, -0.15) is 9.97 Å². The van der Waals surface area contributed by atoms with Gasteiger partial charge in [-0.25, -0.2) is 4.98 Å². The van der Waals surface area contributed by atoms with Crippen molar-refractivity contribution in [3.8, 4) is 51.0 Å². The Bertz CT molecular complexity index is 3490. The number of para-hydroxylation sites is 4. The van der Waals surface area contributed by atoms with Gasteiger partial charge >= 0.3 is 0 Å². The third-order valence-electron chi connectivity index (χ3n) is 11.1. The Kier molecular flexibility index (Phi) is 7.03. The highest BCUT2D eigenvalue weighted by Crippen LogP contribution is 2.46. The van der Waals surface area contributed by atoms with Gasteiger partial charge in [0.15, 0.2) is 11.6 Å². The second kappa shape index (κ2) is 12.6. The predicted molar refractivity (Wildman–Crippen MR) is 236 cm³/mol. The zero-order chi connectivity index (χ0) is 37.5. The number of nitrogens with zero attached hydrogens (tertiary/aromatic N) is 4. The maximum Gasteiger partial charge on any atom is 0.238 e. The average Bonchev–Trinajstić information content (AvgIpc) is 3.97. The quantitative estimate of drug-likeness (QED) is 0.176. The van der Waals surface area contributed by atoms with Crippen molar-refractivity contribution in [3.63, 3.8) is 0 Å². The van der Waals surface area contributed by atoms with Gasteiger partial charge in [-0.15, -0.1) is 11.3 Å². The number of hydrogen-bond donors (Lipinski definition) is 0. The fourth-order valence-corrected chi connectivity index (χ4v) is 9.86. The first-order valence-corrected chi connectivity index (χ1v) is 19.8. The fraction of sp³-hybridized carbons (Fsp3) is 0. The SMILES string of the molecule is c1ccc(-c2nc(-c3cccc(-c4cccc5c4sc4c(-c6cccc7c6oc6ccccc67)cccc45)c3)nc(-n3c4ccccc4c4ccccc43)n2)cc1. The summed E-state index contributed by atoms with van der Waals surface area (Å²) in [7, 11) is 0. The molecule has 0 saturated heterocycles. The van der Waals surface area contributed by atoms with Crippen LogP contribution in [0.15, 0.2) is 186 Å². The molecule has 0 aliphatic rings. The molecule has 4 aromatic heterocycles. The van der Waals surface area contributed by atoms with Crippen molar-refractivity contribution in [1.29, 1.82) is 0 Å². The minimum absolute atomic E-state index is 0.584. The molecule has 0 atom stereocenters. The van der Waals surface area contributed by atoms with E-state index in [-0.39, 0.29) is 0 Å². The Morgan fingerprint density at radius 2 is 0.912 bits per heavy atom. The Labute approximate surface area is 330 Å². The smallest absolute Gasteiger partial charge is 0.238 e. The largest absolute Gasteiger partial charge is 0.455 e. The van der Waals surface area contributed by atoms with Crippen molar-refractivity contribution in [2.24, 2.45) is 0 Å². The first-order chi connectivity index (χ1) is 28.3. The van der Waals surface area contributed by atoms with Crippen LogP contribution in [0.2, 0.25) is 0 Å². The van der Waals surface area contributed by atoms with E-state index in [2.05, 4.69) is 156 Å². The molecule has 6 heteroatoms. The maximum atomic E-state index is 6.51. The van der Waals surface area contributed by atoms with Crippen LogP contribution in [0, 0.1) is 0 Å². The van der Waals surface area contributed by atoms with Gasteiger partial charge in [0.05, 0.1) is 11.0 Å². The second-order valence-corrected chi connectivity index (χ2v) is 15.4. The van der Waals surface area contributed by atoms with E-state index >= 15 is 0 Å². The standard InChI is InChI=1S/C51H30N4OS/c1-2-14-31(15-3-1)49-52-50(54-51(53-49)55-43-27-7-4-18-35(43)36-19-5-8-28-44(36)55)33-17-10-16-32(30-33)34-21-11-25-41-42-26-13-24-40(48(42)57-47(34)41)39-23-12-22-38-37-20-6-9-29-45(37)56-46(38)39/h1-30H. The van der Waals surface area contributed by atoms with Crippen LogP contribution in [0.4, 0.5) is 0 Å². The molecule has 12 rings (SSSR count). The topological polar surface area (TPSA) is 56.7 Å². The summed E-state index contributed by atoms with van der Waals surface area (Å²) in [4.78, 5) is 15.5. The molecular formula is C51H30N4OS. The minimum Gasteiger partial charge on any atom is -0.455 e. The molecule has 0 radical (unpaired) electrons. The number of fused-ring (bicyclic) bond motifs is 9. The summed E-state index contributed by atoms with van der Waals surface area (Å²) in [6.45, 7) is 0. The Morgan fingerprint density at radius 3 is 1.67 bits per heavy atom. The number of hydrogen-bond acceptors (Lipinski definition) is 5. The van der Waals surface area contributed by atoms with Crippen LogP contribution in [-0.2, 0) is 0 Å². The Hall–Kier alpha value is -7.41. The van der Waals surface area contributed by atoms with E-state index < -0.39 is 0 Å². The van der Waals surface area contributed by atoms with Crippen molar-refractivity contribution in [1.82, 2.24) is 19.5 Å². The highest BCUT2D eigenvalue weighted by molar-refractivity contribution is 7.26. The summed E-state index contributed by atoms with van der Waals surface area (Å²) < 4.78 is 11.1. The van der Waals surface area contributed by atoms with Crippen molar-refractivity contribution in [2.75, 3.05) is 0 Å². The van der Waals surface area contributed by atoms with Gasteiger partial charge in [0.25, 0.3) is 0 Å².